The summed E-state index contributed by atoms with van der Waals surface area (Å²) in [5, 5.41) is 6.92. The molecule has 0 saturated heterocycles. The first kappa shape index (κ1) is 12.1. The number of thiazole rings is 1. The number of carbonyl (C=O) groups excluding carboxylic acids is 1. The number of aryl methyl sites for hydroxylation is 1. The van der Waals surface area contributed by atoms with Gasteiger partial charge < -0.3 is 10.6 Å². The van der Waals surface area contributed by atoms with Crippen molar-refractivity contribution >= 4 is 17.2 Å². The van der Waals surface area contributed by atoms with E-state index < -0.39 is 0 Å². The second-order valence-electron chi connectivity index (χ2n) is 3.30. The smallest absolute Gasteiger partial charge is 0.234 e. The van der Waals surface area contributed by atoms with E-state index in [0.717, 1.165) is 22.9 Å². The van der Waals surface area contributed by atoms with E-state index in [2.05, 4.69) is 22.5 Å². The molecule has 84 valence electrons. The Kier molecular flexibility index (Phi) is 5.28. The molecule has 0 aliphatic heterocycles. The molecule has 1 amide bonds. The van der Waals surface area contributed by atoms with E-state index in [9.17, 15) is 4.79 Å². The number of aromatic nitrogens is 1. The van der Waals surface area contributed by atoms with Crippen molar-refractivity contribution in [1.29, 1.82) is 0 Å². The van der Waals surface area contributed by atoms with E-state index >= 15 is 0 Å². The highest BCUT2D eigenvalue weighted by Crippen LogP contribution is 2.10. The van der Waals surface area contributed by atoms with Crippen LogP contribution in [0, 0.1) is 6.92 Å². The lowest BCUT2D eigenvalue weighted by Crippen LogP contribution is -2.33. The Morgan fingerprint density at radius 1 is 1.60 bits per heavy atom. The Morgan fingerprint density at radius 2 is 2.40 bits per heavy atom. The molecule has 1 aromatic rings. The predicted octanol–water partition coefficient (Wildman–Crippen LogP) is 1.07. The fraction of sp³-hybridized carbons (Fsp3) is 0.600. The average Bonchev–Trinajstić information content (AvgIpc) is 2.62. The molecule has 2 N–H and O–H groups in total. The van der Waals surface area contributed by atoms with Gasteiger partial charge in [0.1, 0.15) is 0 Å². The predicted molar refractivity (Wildman–Crippen MR) is 61.9 cm³/mol. The first-order chi connectivity index (χ1) is 7.22. The molecular weight excluding hydrogens is 210 g/mol. The lowest BCUT2D eigenvalue weighted by molar-refractivity contribution is -0.120. The molecule has 1 rings (SSSR count). The zero-order valence-electron chi connectivity index (χ0n) is 9.17. The van der Waals surface area contributed by atoms with Gasteiger partial charge in [-0.25, -0.2) is 4.98 Å². The molecule has 4 nitrogen and oxygen atoms in total. The minimum Gasteiger partial charge on any atom is -0.350 e. The van der Waals surface area contributed by atoms with Crippen molar-refractivity contribution in [2.45, 2.75) is 26.8 Å². The lowest BCUT2D eigenvalue weighted by Gasteiger charge is -2.03. The molecule has 0 spiro atoms. The van der Waals surface area contributed by atoms with Crippen LogP contribution in [0.15, 0.2) is 6.20 Å². The number of carbonyl (C=O) groups is 1. The van der Waals surface area contributed by atoms with E-state index in [-0.39, 0.29) is 5.91 Å². The molecule has 1 heterocycles. The topological polar surface area (TPSA) is 54.0 Å². The molecule has 15 heavy (non-hydrogen) atoms. The van der Waals surface area contributed by atoms with Crippen LogP contribution in [0.4, 0.5) is 0 Å². The van der Waals surface area contributed by atoms with Gasteiger partial charge in [0.25, 0.3) is 0 Å². The molecule has 0 bridgehead atoms. The minimum absolute atomic E-state index is 0.0366. The summed E-state index contributed by atoms with van der Waals surface area (Å²) in [6, 6.07) is 0. The maximum Gasteiger partial charge on any atom is 0.234 e. The summed E-state index contributed by atoms with van der Waals surface area (Å²) in [4.78, 5) is 16.5. The fourth-order valence-electron chi connectivity index (χ4n) is 1.11. The van der Waals surface area contributed by atoms with Crippen LogP contribution in [0.5, 0.6) is 0 Å². The maximum absolute atomic E-state index is 11.3. The van der Waals surface area contributed by atoms with Gasteiger partial charge in [-0.1, -0.05) is 6.92 Å². The quantitative estimate of drug-likeness (QED) is 0.715. The van der Waals surface area contributed by atoms with Gasteiger partial charge in [-0.15, -0.1) is 11.3 Å². The number of nitrogens with one attached hydrogen (secondary N) is 2. The van der Waals surface area contributed by atoms with Crippen molar-refractivity contribution in [3.8, 4) is 0 Å². The van der Waals surface area contributed by atoms with Crippen molar-refractivity contribution in [3.05, 3.63) is 16.1 Å². The van der Waals surface area contributed by atoms with Crippen LogP contribution in [-0.4, -0.2) is 24.0 Å². The van der Waals surface area contributed by atoms with Gasteiger partial charge in [-0.3, -0.25) is 4.79 Å². The van der Waals surface area contributed by atoms with Crippen LogP contribution in [0.2, 0.25) is 0 Å². The third kappa shape index (κ3) is 4.90. The Morgan fingerprint density at radius 3 is 3.00 bits per heavy atom. The zero-order valence-corrected chi connectivity index (χ0v) is 9.99. The van der Waals surface area contributed by atoms with Gasteiger partial charge in [-0.2, -0.15) is 0 Å². The molecule has 0 aliphatic carbocycles. The number of rotatable bonds is 6. The summed E-state index contributed by atoms with van der Waals surface area (Å²) in [5.74, 6) is 0.0366. The molecule has 1 aromatic heterocycles. The molecule has 0 radical (unpaired) electrons. The molecular formula is C10H17N3OS. The van der Waals surface area contributed by atoms with E-state index in [0.29, 0.717) is 13.1 Å². The van der Waals surface area contributed by atoms with E-state index in [1.165, 1.54) is 0 Å². The van der Waals surface area contributed by atoms with Crippen molar-refractivity contribution < 1.29 is 4.79 Å². The summed E-state index contributed by atoms with van der Waals surface area (Å²) in [6.45, 7) is 5.89. The van der Waals surface area contributed by atoms with Crippen LogP contribution in [0.25, 0.3) is 0 Å². The average molecular weight is 227 g/mol. The number of hydrogen-bond donors (Lipinski definition) is 2. The van der Waals surface area contributed by atoms with Gasteiger partial charge >= 0.3 is 0 Å². The molecule has 5 heteroatoms. The fourth-order valence-corrected chi connectivity index (χ4v) is 1.85. The van der Waals surface area contributed by atoms with Crippen LogP contribution in [0.1, 0.15) is 23.2 Å². The number of nitrogens with zero attached hydrogens (tertiary/aromatic N) is 1. The number of hydrogen-bond acceptors (Lipinski definition) is 4. The summed E-state index contributed by atoms with van der Waals surface area (Å²) < 4.78 is 0. The van der Waals surface area contributed by atoms with Crippen molar-refractivity contribution in [1.82, 2.24) is 15.6 Å². The SMILES string of the molecule is CCCNCC(=O)NCc1cnc(C)s1. The third-order valence-corrected chi connectivity index (χ3v) is 2.75. The summed E-state index contributed by atoms with van der Waals surface area (Å²) in [5.41, 5.74) is 0. The highest BCUT2D eigenvalue weighted by atomic mass is 32.1. The minimum atomic E-state index is 0.0366. The van der Waals surface area contributed by atoms with Crippen LogP contribution in [0.3, 0.4) is 0 Å². The van der Waals surface area contributed by atoms with E-state index in [1.54, 1.807) is 17.5 Å². The summed E-state index contributed by atoms with van der Waals surface area (Å²) in [7, 11) is 0. The molecule has 0 saturated carbocycles. The van der Waals surface area contributed by atoms with Gasteiger partial charge in [0.05, 0.1) is 18.1 Å². The monoisotopic (exact) mass is 227 g/mol. The maximum atomic E-state index is 11.3. The van der Waals surface area contributed by atoms with Crippen LogP contribution < -0.4 is 10.6 Å². The molecule has 0 unspecified atom stereocenters. The van der Waals surface area contributed by atoms with Crippen molar-refractivity contribution in [2.24, 2.45) is 0 Å². The molecule has 0 atom stereocenters. The molecule has 0 aromatic carbocycles. The summed E-state index contributed by atoms with van der Waals surface area (Å²) >= 11 is 1.61. The normalized spacial score (nSPS) is 10.3. The van der Waals surface area contributed by atoms with Crippen LogP contribution in [-0.2, 0) is 11.3 Å². The largest absolute Gasteiger partial charge is 0.350 e. The Bertz CT molecular complexity index is 311. The van der Waals surface area contributed by atoms with Crippen molar-refractivity contribution in [3.63, 3.8) is 0 Å². The Balaban J connectivity index is 2.16. The summed E-state index contributed by atoms with van der Waals surface area (Å²) in [6.07, 6.45) is 2.85. The highest BCUT2D eigenvalue weighted by Gasteiger charge is 2.02. The number of amides is 1. The lowest BCUT2D eigenvalue weighted by atomic mass is 10.4. The van der Waals surface area contributed by atoms with Crippen LogP contribution >= 0.6 is 11.3 Å². The van der Waals surface area contributed by atoms with Gasteiger partial charge in [0.15, 0.2) is 0 Å². The first-order valence-electron chi connectivity index (χ1n) is 5.11. The van der Waals surface area contributed by atoms with E-state index in [4.69, 9.17) is 0 Å². The second kappa shape index (κ2) is 6.53. The molecule has 0 fully saturated rings. The van der Waals surface area contributed by atoms with Gasteiger partial charge in [-0.05, 0) is 19.9 Å². The van der Waals surface area contributed by atoms with Crippen molar-refractivity contribution in [2.75, 3.05) is 13.1 Å². The van der Waals surface area contributed by atoms with Gasteiger partial charge in [0, 0.05) is 11.1 Å². The van der Waals surface area contributed by atoms with Gasteiger partial charge in [0.2, 0.25) is 5.91 Å². The second-order valence-corrected chi connectivity index (χ2v) is 4.62. The zero-order chi connectivity index (χ0) is 11.1. The highest BCUT2D eigenvalue weighted by molar-refractivity contribution is 7.11. The Labute approximate surface area is 94.1 Å². The third-order valence-electron chi connectivity index (χ3n) is 1.84. The standard InChI is InChI=1S/C10H17N3OS/c1-3-4-11-7-10(14)13-6-9-5-12-8(2)15-9/h5,11H,3-4,6-7H2,1-2H3,(H,13,14). The first-order valence-corrected chi connectivity index (χ1v) is 5.92. The molecule has 0 aliphatic rings. The van der Waals surface area contributed by atoms with E-state index in [1.807, 2.05) is 6.92 Å². The Hall–Kier alpha value is -0.940.